The molecule has 0 saturated carbocycles. The third-order valence-electron chi connectivity index (χ3n) is 5.38. The number of nitriles is 1. The zero-order valence-electron chi connectivity index (χ0n) is 19.1. The number of ether oxygens (including phenoxy) is 1. The molecule has 8 heteroatoms. The van der Waals surface area contributed by atoms with Crippen LogP contribution in [0.15, 0.2) is 53.3 Å². The molecule has 0 amide bonds. The normalized spacial score (nSPS) is 11.2. The summed E-state index contributed by atoms with van der Waals surface area (Å²) >= 11 is 0. The summed E-state index contributed by atoms with van der Waals surface area (Å²) in [6.07, 6.45) is 2.25. The molecule has 8 nitrogen and oxygen atoms in total. The van der Waals surface area contributed by atoms with E-state index >= 15 is 0 Å². The van der Waals surface area contributed by atoms with Crippen molar-refractivity contribution in [2.45, 2.75) is 58.7 Å². The van der Waals surface area contributed by atoms with Crippen LogP contribution in [0, 0.1) is 11.3 Å². The van der Waals surface area contributed by atoms with Crippen molar-refractivity contribution >= 4 is 5.97 Å². The Balaban J connectivity index is 1.63. The number of hydrogen-bond donors (Lipinski definition) is 1. The molecule has 0 unspecified atom stereocenters. The number of carboxylic acid groups (broad SMARTS) is 1. The number of benzene rings is 2. The molecule has 3 rings (SSSR count). The molecule has 0 bridgehead atoms. The van der Waals surface area contributed by atoms with Gasteiger partial charge in [-0.05, 0) is 69.0 Å². The SMILES string of the molecule is CCn1c(CCCc2ccc(OC(C)(C)C(=O)O)cc2)nn(Cc2cccc(C#N)c2)c1=O. The Morgan fingerprint density at radius 3 is 2.52 bits per heavy atom. The molecule has 0 atom stereocenters. The fourth-order valence-electron chi connectivity index (χ4n) is 3.52. The van der Waals surface area contributed by atoms with Gasteiger partial charge < -0.3 is 9.84 Å². The van der Waals surface area contributed by atoms with Gasteiger partial charge >= 0.3 is 11.7 Å². The molecule has 3 aromatic rings. The van der Waals surface area contributed by atoms with Crippen LogP contribution < -0.4 is 10.4 Å². The first-order chi connectivity index (χ1) is 15.7. The molecule has 0 aliphatic carbocycles. The lowest BCUT2D eigenvalue weighted by atomic mass is 10.1. The summed E-state index contributed by atoms with van der Waals surface area (Å²) in [5, 5.41) is 22.8. The van der Waals surface area contributed by atoms with Crippen molar-refractivity contribution in [2.75, 3.05) is 0 Å². The monoisotopic (exact) mass is 448 g/mol. The predicted molar refractivity (Wildman–Crippen MR) is 123 cm³/mol. The van der Waals surface area contributed by atoms with E-state index in [1.54, 1.807) is 34.9 Å². The lowest BCUT2D eigenvalue weighted by Gasteiger charge is -2.21. The van der Waals surface area contributed by atoms with Gasteiger partial charge in [0.15, 0.2) is 5.60 Å². The van der Waals surface area contributed by atoms with E-state index in [0.717, 1.165) is 29.8 Å². The van der Waals surface area contributed by atoms with E-state index in [0.29, 0.717) is 30.8 Å². The molecular weight excluding hydrogens is 420 g/mol. The van der Waals surface area contributed by atoms with Crippen molar-refractivity contribution in [2.24, 2.45) is 0 Å². The van der Waals surface area contributed by atoms with E-state index in [-0.39, 0.29) is 5.69 Å². The van der Waals surface area contributed by atoms with Gasteiger partial charge in [-0.15, -0.1) is 0 Å². The van der Waals surface area contributed by atoms with Crippen LogP contribution in [0.2, 0.25) is 0 Å². The lowest BCUT2D eigenvalue weighted by molar-refractivity contribution is -0.152. The number of aromatic nitrogens is 3. The van der Waals surface area contributed by atoms with Gasteiger partial charge in [0.25, 0.3) is 0 Å². The van der Waals surface area contributed by atoms with E-state index in [4.69, 9.17) is 10.00 Å². The molecule has 1 N–H and O–H groups in total. The van der Waals surface area contributed by atoms with Gasteiger partial charge in [-0.25, -0.2) is 14.3 Å². The van der Waals surface area contributed by atoms with Gasteiger partial charge in [0, 0.05) is 13.0 Å². The largest absolute Gasteiger partial charge is 0.478 e. The van der Waals surface area contributed by atoms with E-state index < -0.39 is 11.6 Å². The van der Waals surface area contributed by atoms with Crippen molar-refractivity contribution < 1.29 is 14.6 Å². The molecule has 1 aromatic heterocycles. The average Bonchev–Trinajstić information content (AvgIpc) is 3.08. The number of nitrogens with zero attached hydrogens (tertiary/aromatic N) is 4. The summed E-state index contributed by atoms with van der Waals surface area (Å²) in [5.74, 6) is 0.220. The van der Waals surface area contributed by atoms with Crippen molar-refractivity contribution in [3.8, 4) is 11.8 Å². The lowest BCUT2D eigenvalue weighted by Crippen LogP contribution is -2.37. The van der Waals surface area contributed by atoms with E-state index in [1.165, 1.54) is 18.5 Å². The Labute approximate surface area is 192 Å². The smallest absolute Gasteiger partial charge is 0.347 e. The molecule has 0 aliphatic heterocycles. The molecule has 172 valence electrons. The first-order valence-electron chi connectivity index (χ1n) is 10.9. The number of carbonyl (C=O) groups is 1. The number of rotatable bonds is 10. The van der Waals surface area contributed by atoms with Crippen LogP contribution in [0.5, 0.6) is 5.75 Å². The summed E-state index contributed by atoms with van der Waals surface area (Å²) in [5.41, 5.74) is 1.06. The Morgan fingerprint density at radius 1 is 1.15 bits per heavy atom. The molecule has 2 aromatic carbocycles. The third-order valence-corrected chi connectivity index (χ3v) is 5.38. The maximum Gasteiger partial charge on any atom is 0.347 e. The fourth-order valence-corrected chi connectivity index (χ4v) is 3.52. The van der Waals surface area contributed by atoms with Crippen LogP contribution in [0.4, 0.5) is 0 Å². The van der Waals surface area contributed by atoms with Gasteiger partial charge in [-0.3, -0.25) is 4.57 Å². The van der Waals surface area contributed by atoms with Gasteiger partial charge in [-0.2, -0.15) is 10.4 Å². The number of hydrogen-bond acceptors (Lipinski definition) is 5. The van der Waals surface area contributed by atoms with E-state index in [9.17, 15) is 14.7 Å². The second kappa shape index (κ2) is 10.2. The Morgan fingerprint density at radius 2 is 1.88 bits per heavy atom. The van der Waals surface area contributed by atoms with E-state index in [2.05, 4.69) is 11.2 Å². The Hall–Kier alpha value is -3.86. The highest BCUT2D eigenvalue weighted by Crippen LogP contribution is 2.20. The summed E-state index contributed by atoms with van der Waals surface area (Å²) in [6, 6.07) is 16.7. The standard InChI is InChI=1S/C25H28N4O4/c1-4-28-22(27-29(24(28)32)17-20-9-5-8-19(15-20)16-26)10-6-7-18-11-13-21(14-12-18)33-25(2,3)23(30)31/h5,8-9,11-15H,4,6-7,10,17H2,1-3H3,(H,30,31). The topological polar surface area (TPSA) is 110 Å². The first kappa shape index (κ1) is 23.8. The summed E-state index contributed by atoms with van der Waals surface area (Å²) in [4.78, 5) is 24.0. The van der Waals surface area contributed by atoms with Crippen molar-refractivity contribution in [3.63, 3.8) is 0 Å². The quantitative estimate of drug-likeness (QED) is 0.509. The highest BCUT2D eigenvalue weighted by Gasteiger charge is 2.29. The van der Waals surface area contributed by atoms with Gasteiger partial charge in [-0.1, -0.05) is 24.3 Å². The zero-order chi connectivity index (χ0) is 24.0. The molecule has 33 heavy (non-hydrogen) atoms. The molecule has 0 spiro atoms. The van der Waals surface area contributed by atoms with Crippen molar-refractivity contribution in [1.29, 1.82) is 5.26 Å². The second-order valence-corrected chi connectivity index (χ2v) is 8.33. The van der Waals surface area contributed by atoms with Crippen LogP contribution >= 0.6 is 0 Å². The number of aryl methyl sites for hydroxylation is 2. The van der Waals surface area contributed by atoms with Crippen molar-refractivity contribution in [3.05, 3.63) is 81.5 Å². The van der Waals surface area contributed by atoms with Crippen LogP contribution in [-0.2, 0) is 30.7 Å². The average molecular weight is 449 g/mol. The Kier molecular flexibility index (Phi) is 7.34. The minimum atomic E-state index is -1.29. The minimum Gasteiger partial charge on any atom is -0.478 e. The number of aliphatic carboxylic acids is 1. The highest BCUT2D eigenvalue weighted by atomic mass is 16.5. The molecular formula is C25H28N4O4. The molecule has 0 radical (unpaired) electrons. The maximum atomic E-state index is 12.8. The summed E-state index contributed by atoms with van der Waals surface area (Å²) in [7, 11) is 0. The van der Waals surface area contributed by atoms with Gasteiger partial charge in [0.2, 0.25) is 0 Å². The Bertz CT molecular complexity index is 1220. The van der Waals surface area contributed by atoms with Crippen LogP contribution in [0.25, 0.3) is 0 Å². The molecule has 1 heterocycles. The molecule has 0 aliphatic rings. The first-order valence-corrected chi connectivity index (χ1v) is 10.9. The van der Waals surface area contributed by atoms with Crippen LogP contribution in [0.3, 0.4) is 0 Å². The minimum absolute atomic E-state index is 0.155. The van der Waals surface area contributed by atoms with Crippen LogP contribution in [0.1, 0.15) is 49.7 Å². The number of carboxylic acids is 1. The second-order valence-electron chi connectivity index (χ2n) is 8.33. The van der Waals surface area contributed by atoms with E-state index in [1.807, 2.05) is 25.1 Å². The summed E-state index contributed by atoms with van der Waals surface area (Å²) < 4.78 is 8.66. The van der Waals surface area contributed by atoms with Gasteiger partial charge in [0.1, 0.15) is 11.6 Å². The molecule has 0 fully saturated rings. The highest BCUT2D eigenvalue weighted by molar-refractivity contribution is 5.76. The predicted octanol–water partition coefficient (Wildman–Crippen LogP) is 3.40. The van der Waals surface area contributed by atoms with Gasteiger partial charge in [0.05, 0.1) is 18.2 Å². The summed E-state index contributed by atoms with van der Waals surface area (Å²) in [6.45, 7) is 5.80. The third kappa shape index (κ3) is 5.89. The van der Waals surface area contributed by atoms with Crippen LogP contribution in [-0.4, -0.2) is 31.0 Å². The fraction of sp³-hybridized carbons (Fsp3) is 0.360. The zero-order valence-corrected chi connectivity index (χ0v) is 19.1. The maximum absolute atomic E-state index is 12.8. The molecule has 0 saturated heterocycles. The van der Waals surface area contributed by atoms with Crippen molar-refractivity contribution in [1.82, 2.24) is 14.3 Å².